The molecule has 6 heteroatoms. The van der Waals surface area contributed by atoms with Crippen LogP contribution in [0.3, 0.4) is 0 Å². The lowest BCUT2D eigenvalue weighted by atomic mass is 9.87. The molecule has 1 amide bonds. The van der Waals surface area contributed by atoms with Crippen LogP contribution in [0, 0.1) is 0 Å². The minimum Gasteiger partial charge on any atom is -0.494 e. The molecule has 156 valence electrons. The Hall–Kier alpha value is -2.08. The quantitative estimate of drug-likeness (QED) is 0.691. The molecule has 1 N–H and O–H groups in total. The summed E-state index contributed by atoms with van der Waals surface area (Å²) in [4.78, 5) is 27.0. The number of likely N-dealkylation sites (N-methyl/N-ethyl adjacent to an activating group) is 1. The first-order valence-corrected chi connectivity index (χ1v) is 10.1. The maximum atomic E-state index is 12.4. The molecule has 1 aliphatic rings. The van der Waals surface area contributed by atoms with Gasteiger partial charge < -0.3 is 14.7 Å². The Kier molecular flexibility index (Phi) is 7.87. The van der Waals surface area contributed by atoms with E-state index < -0.39 is 5.97 Å². The smallest absolute Gasteiger partial charge is 0.317 e. The summed E-state index contributed by atoms with van der Waals surface area (Å²) in [5.41, 5.74) is 1.40. The fourth-order valence-corrected chi connectivity index (χ4v) is 3.52. The van der Waals surface area contributed by atoms with Gasteiger partial charge in [-0.2, -0.15) is 0 Å². The molecule has 0 saturated carbocycles. The third-order valence-electron chi connectivity index (χ3n) is 5.35. The van der Waals surface area contributed by atoms with Crippen molar-refractivity contribution in [1.82, 2.24) is 9.80 Å². The van der Waals surface area contributed by atoms with Crippen LogP contribution in [-0.4, -0.2) is 66.1 Å². The van der Waals surface area contributed by atoms with Crippen molar-refractivity contribution in [2.45, 2.75) is 57.9 Å². The zero-order valence-corrected chi connectivity index (χ0v) is 17.6. The fraction of sp³-hybridized carbons (Fsp3) is 0.636. The van der Waals surface area contributed by atoms with Gasteiger partial charge in [-0.3, -0.25) is 14.5 Å². The van der Waals surface area contributed by atoms with Gasteiger partial charge >= 0.3 is 5.97 Å². The number of aliphatic carboxylic acids is 1. The molecule has 0 aromatic heterocycles. The van der Waals surface area contributed by atoms with Crippen LogP contribution in [0.5, 0.6) is 5.75 Å². The second kappa shape index (κ2) is 9.92. The number of rotatable bonds is 8. The van der Waals surface area contributed by atoms with Gasteiger partial charge in [-0.25, -0.2) is 0 Å². The predicted octanol–water partition coefficient (Wildman–Crippen LogP) is 3.15. The van der Waals surface area contributed by atoms with Gasteiger partial charge in [0.1, 0.15) is 5.75 Å². The molecule has 0 unspecified atom stereocenters. The molecule has 2 rings (SSSR count). The lowest BCUT2D eigenvalue weighted by Crippen LogP contribution is -2.46. The van der Waals surface area contributed by atoms with Gasteiger partial charge in [-0.1, -0.05) is 32.9 Å². The Morgan fingerprint density at radius 3 is 2.32 bits per heavy atom. The molecule has 1 aromatic rings. The predicted molar refractivity (Wildman–Crippen MR) is 110 cm³/mol. The van der Waals surface area contributed by atoms with E-state index in [4.69, 9.17) is 9.84 Å². The SMILES string of the molecule is CN(CC(=O)O)C1CCN(C(=O)CCCOc2ccc(C(C)(C)C)cc2)CC1. The minimum absolute atomic E-state index is 0.0483. The van der Waals surface area contributed by atoms with Gasteiger partial charge in [-0.15, -0.1) is 0 Å². The number of carboxylic acid groups (broad SMARTS) is 1. The number of ether oxygens (including phenoxy) is 1. The molecule has 1 aliphatic heterocycles. The van der Waals surface area contributed by atoms with E-state index in [9.17, 15) is 9.59 Å². The van der Waals surface area contributed by atoms with Gasteiger partial charge in [0.2, 0.25) is 5.91 Å². The summed E-state index contributed by atoms with van der Waals surface area (Å²) in [5.74, 6) is 0.183. The first-order chi connectivity index (χ1) is 13.2. The lowest BCUT2D eigenvalue weighted by molar-refractivity contribution is -0.139. The molecule has 0 spiro atoms. The molecule has 28 heavy (non-hydrogen) atoms. The van der Waals surface area contributed by atoms with Crippen molar-refractivity contribution in [3.8, 4) is 5.75 Å². The van der Waals surface area contributed by atoms with Crippen molar-refractivity contribution in [2.24, 2.45) is 0 Å². The molecule has 1 saturated heterocycles. The number of carboxylic acids is 1. The number of carbonyl (C=O) groups is 2. The topological polar surface area (TPSA) is 70.1 Å². The van der Waals surface area contributed by atoms with Crippen molar-refractivity contribution in [3.63, 3.8) is 0 Å². The second-order valence-corrected chi connectivity index (χ2v) is 8.65. The molecule has 1 heterocycles. The molecule has 0 atom stereocenters. The van der Waals surface area contributed by atoms with Crippen LogP contribution >= 0.6 is 0 Å². The molecular weight excluding hydrogens is 356 g/mol. The highest BCUT2D eigenvalue weighted by molar-refractivity contribution is 5.76. The molecular formula is C22H34N2O4. The number of carbonyl (C=O) groups excluding carboxylic acids is 1. The largest absolute Gasteiger partial charge is 0.494 e. The van der Waals surface area contributed by atoms with Crippen molar-refractivity contribution < 1.29 is 19.4 Å². The number of piperidine rings is 1. The summed E-state index contributed by atoms with van der Waals surface area (Å²) < 4.78 is 5.76. The van der Waals surface area contributed by atoms with Crippen LogP contribution < -0.4 is 4.74 Å². The monoisotopic (exact) mass is 390 g/mol. The Morgan fingerprint density at radius 2 is 1.79 bits per heavy atom. The average Bonchev–Trinajstić information content (AvgIpc) is 2.64. The third kappa shape index (κ3) is 6.82. The van der Waals surface area contributed by atoms with E-state index in [0.29, 0.717) is 32.5 Å². The summed E-state index contributed by atoms with van der Waals surface area (Å²) in [6.07, 6.45) is 2.83. The van der Waals surface area contributed by atoms with E-state index in [0.717, 1.165) is 18.6 Å². The number of hydrogen-bond acceptors (Lipinski definition) is 4. The van der Waals surface area contributed by atoms with Gasteiger partial charge in [0.25, 0.3) is 0 Å². The summed E-state index contributed by atoms with van der Waals surface area (Å²) >= 11 is 0. The van der Waals surface area contributed by atoms with E-state index in [1.165, 1.54) is 5.56 Å². The maximum absolute atomic E-state index is 12.4. The second-order valence-electron chi connectivity index (χ2n) is 8.65. The van der Waals surface area contributed by atoms with E-state index in [1.807, 2.05) is 29.0 Å². The molecule has 6 nitrogen and oxygen atoms in total. The van der Waals surface area contributed by atoms with Gasteiger partial charge in [0.15, 0.2) is 0 Å². The van der Waals surface area contributed by atoms with Crippen molar-refractivity contribution in [2.75, 3.05) is 33.3 Å². The van der Waals surface area contributed by atoms with Crippen LogP contribution in [0.15, 0.2) is 24.3 Å². The summed E-state index contributed by atoms with van der Waals surface area (Å²) in [7, 11) is 1.83. The van der Waals surface area contributed by atoms with Gasteiger partial charge in [0.05, 0.1) is 13.2 Å². The Morgan fingerprint density at radius 1 is 1.18 bits per heavy atom. The van der Waals surface area contributed by atoms with Crippen LogP contribution in [0.1, 0.15) is 52.0 Å². The van der Waals surface area contributed by atoms with E-state index in [-0.39, 0.29) is 23.9 Å². The van der Waals surface area contributed by atoms with Crippen molar-refractivity contribution in [1.29, 1.82) is 0 Å². The minimum atomic E-state index is -0.811. The number of amides is 1. The number of nitrogens with zero attached hydrogens (tertiary/aromatic N) is 2. The van der Waals surface area contributed by atoms with Crippen LogP contribution in [-0.2, 0) is 15.0 Å². The van der Waals surface area contributed by atoms with Crippen molar-refractivity contribution in [3.05, 3.63) is 29.8 Å². The zero-order valence-electron chi connectivity index (χ0n) is 17.6. The van der Waals surface area contributed by atoms with Crippen LogP contribution in [0.4, 0.5) is 0 Å². The summed E-state index contributed by atoms with van der Waals surface area (Å²) in [6.45, 7) is 8.51. The normalized spacial score (nSPS) is 15.7. The molecule has 0 radical (unpaired) electrons. The first-order valence-electron chi connectivity index (χ1n) is 10.1. The number of benzene rings is 1. The number of hydrogen-bond donors (Lipinski definition) is 1. The third-order valence-corrected chi connectivity index (χ3v) is 5.35. The Bertz CT molecular complexity index is 643. The molecule has 0 bridgehead atoms. The highest BCUT2D eigenvalue weighted by Gasteiger charge is 2.25. The van der Waals surface area contributed by atoms with Gasteiger partial charge in [0, 0.05) is 25.6 Å². The van der Waals surface area contributed by atoms with Crippen LogP contribution in [0.2, 0.25) is 0 Å². The summed E-state index contributed by atoms with van der Waals surface area (Å²) in [5, 5.41) is 8.89. The fourth-order valence-electron chi connectivity index (χ4n) is 3.52. The molecule has 1 aromatic carbocycles. The zero-order chi connectivity index (χ0) is 20.7. The first kappa shape index (κ1) is 22.2. The van der Waals surface area contributed by atoms with E-state index in [1.54, 1.807) is 0 Å². The average molecular weight is 391 g/mol. The van der Waals surface area contributed by atoms with Crippen LogP contribution in [0.25, 0.3) is 0 Å². The van der Waals surface area contributed by atoms with E-state index in [2.05, 4.69) is 32.9 Å². The molecule has 0 aliphatic carbocycles. The lowest BCUT2D eigenvalue weighted by Gasteiger charge is -2.36. The Labute approximate surface area is 168 Å². The molecule has 1 fully saturated rings. The standard InChI is InChI=1S/C22H34N2O4/c1-22(2,3)17-7-9-19(10-8-17)28-15-5-6-20(25)24-13-11-18(12-14-24)23(4)16-21(26)27/h7-10,18H,5-6,11-16H2,1-4H3,(H,26,27). The number of likely N-dealkylation sites (tertiary alicyclic amines) is 1. The van der Waals surface area contributed by atoms with E-state index >= 15 is 0 Å². The Balaban J connectivity index is 1.66. The van der Waals surface area contributed by atoms with Gasteiger partial charge in [-0.05, 0) is 49.4 Å². The highest BCUT2D eigenvalue weighted by atomic mass is 16.5. The maximum Gasteiger partial charge on any atom is 0.317 e. The highest BCUT2D eigenvalue weighted by Crippen LogP contribution is 2.24. The van der Waals surface area contributed by atoms with Crippen molar-refractivity contribution >= 4 is 11.9 Å². The summed E-state index contributed by atoms with van der Waals surface area (Å²) in [6, 6.07) is 8.39.